The first kappa shape index (κ1) is 14.7. The molecule has 0 saturated heterocycles. The molecule has 4 heteroatoms. The third-order valence-electron chi connectivity index (χ3n) is 3.60. The second-order valence-corrected chi connectivity index (χ2v) is 4.92. The van der Waals surface area contributed by atoms with E-state index in [9.17, 15) is 5.11 Å². The molecule has 0 aliphatic rings. The van der Waals surface area contributed by atoms with E-state index in [1.165, 1.54) is 0 Å². The summed E-state index contributed by atoms with van der Waals surface area (Å²) in [6.45, 7) is 7.07. The van der Waals surface area contributed by atoms with Crippen molar-refractivity contribution in [2.45, 2.75) is 52.7 Å². The van der Waals surface area contributed by atoms with E-state index < -0.39 is 6.10 Å². The lowest BCUT2D eigenvalue weighted by Gasteiger charge is -2.14. The van der Waals surface area contributed by atoms with Crippen molar-refractivity contribution in [3.63, 3.8) is 0 Å². The summed E-state index contributed by atoms with van der Waals surface area (Å²) in [7, 11) is 0. The lowest BCUT2D eigenvalue weighted by atomic mass is 10.0. The van der Waals surface area contributed by atoms with Crippen LogP contribution in [0.4, 0.5) is 0 Å². The number of rotatable bonds is 6. The van der Waals surface area contributed by atoms with E-state index in [2.05, 4.69) is 36.9 Å². The fourth-order valence-corrected chi connectivity index (χ4v) is 2.47. The van der Waals surface area contributed by atoms with E-state index in [4.69, 9.17) is 0 Å². The Hall–Kier alpha value is -1.68. The van der Waals surface area contributed by atoms with E-state index in [-0.39, 0.29) is 0 Å². The lowest BCUT2D eigenvalue weighted by molar-refractivity contribution is 0.169. The number of hydrogen-bond acceptors (Lipinski definition) is 3. The smallest absolute Gasteiger partial charge is 0.102 e. The Bertz CT molecular complexity index is 563. The number of aliphatic hydroxyl groups is 1. The summed E-state index contributed by atoms with van der Waals surface area (Å²) in [5.41, 5.74) is 4.05. The minimum atomic E-state index is -0.571. The molecule has 1 atom stereocenters. The minimum absolute atomic E-state index is 0.560. The minimum Gasteiger partial charge on any atom is -0.386 e. The normalized spacial score (nSPS) is 12.6. The van der Waals surface area contributed by atoms with Crippen LogP contribution in [0.25, 0.3) is 0 Å². The summed E-state index contributed by atoms with van der Waals surface area (Å²) in [5, 5.41) is 15.0. The SMILES string of the molecule is CCc1cc(CC(O)c2ncccc2CC)n(CC)n1. The third kappa shape index (κ3) is 3.07. The number of aromatic nitrogens is 3. The maximum Gasteiger partial charge on any atom is 0.102 e. The molecule has 1 N–H and O–H groups in total. The van der Waals surface area contributed by atoms with Crippen molar-refractivity contribution in [1.82, 2.24) is 14.8 Å². The molecule has 0 aliphatic heterocycles. The molecule has 0 aromatic carbocycles. The van der Waals surface area contributed by atoms with Crippen LogP contribution in [0.3, 0.4) is 0 Å². The summed E-state index contributed by atoms with van der Waals surface area (Å²) in [4.78, 5) is 4.35. The van der Waals surface area contributed by atoms with E-state index in [1.807, 2.05) is 16.8 Å². The second-order valence-electron chi connectivity index (χ2n) is 4.92. The molecule has 2 aromatic heterocycles. The van der Waals surface area contributed by atoms with Gasteiger partial charge in [0.05, 0.1) is 11.4 Å². The first-order valence-corrected chi connectivity index (χ1v) is 7.37. The number of pyridine rings is 1. The summed E-state index contributed by atoms with van der Waals surface area (Å²) in [6, 6.07) is 6.03. The van der Waals surface area contributed by atoms with Gasteiger partial charge >= 0.3 is 0 Å². The van der Waals surface area contributed by atoms with Gasteiger partial charge in [0.15, 0.2) is 0 Å². The molecule has 0 saturated carbocycles. The zero-order valence-electron chi connectivity index (χ0n) is 12.5. The van der Waals surface area contributed by atoms with Gasteiger partial charge in [-0.1, -0.05) is 19.9 Å². The molecule has 1 unspecified atom stereocenters. The van der Waals surface area contributed by atoms with Gasteiger partial charge in [0.1, 0.15) is 6.10 Å². The highest BCUT2D eigenvalue weighted by Gasteiger charge is 2.16. The molecule has 0 fully saturated rings. The zero-order chi connectivity index (χ0) is 14.5. The molecule has 2 rings (SSSR count). The van der Waals surface area contributed by atoms with Crippen LogP contribution in [-0.4, -0.2) is 19.9 Å². The Morgan fingerprint density at radius 2 is 2.05 bits per heavy atom. The van der Waals surface area contributed by atoms with Crippen molar-refractivity contribution in [3.8, 4) is 0 Å². The van der Waals surface area contributed by atoms with Crippen molar-refractivity contribution in [2.75, 3.05) is 0 Å². The number of nitrogens with zero attached hydrogens (tertiary/aromatic N) is 3. The van der Waals surface area contributed by atoms with Crippen LogP contribution in [0.15, 0.2) is 24.4 Å². The lowest BCUT2D eigenvalue weighted by Crippen LogP contribution is -2.11. The predicted octanol–water partition coefficient (Wildman–Crippen LogP) is 2.70. The Labute approximate surface area is 120 Å². The average Bonchev–Trinajstić information content (AvgIpc) is 2.89. The molecule has 2 aromatic rings. The van der Waals surface area contributed by atoms with Crippen molar-refractivity contribution >= 4 is 0 Å². The van der Waals surface area contributed by atoms with Crippen LogP contribution in [0.2, 0.25) is 0 Å². The maximum absolute atomic E-state index is 10.5. The predicted molar refractivity (Wildman–Crippen MR) is 79.6 cm³/mol. The van der Waals surface area contributed by atoms with Gasteiger partial charge in [0.2, 0.25) is 0 Å². The fourth-order valence-electron chi connectivity index (χ4n) is 2.47. The van der Waals surface area contributed by atoms with Gasteiger partial charge in [-0.3, -0.25) is 9.67 Å². The highest BCUT2D eigenvalue weighted by molar-refractivity contribution is 5.23. The number of hydrogen-bond donors (Lipinski definition) is 1. The molecular formula is C16H23N3O. The first-order chi connectivity index (χ1) is 9.69. The highest BCUT2D eigenvalue weighted by Crippen LogP contribution is 2.21. The van der Waals surface area contributed by atoms with Gasteiger partial charge in [0, 0.05) is 24.9 Å². The quantitative estimate of drug-likeness (QED) is 0.880. The van der Waals surface area contributed by atoms with Gasteiger partial charge in [-0.15, -0.1) is 0 Å². The second kappa shape index (κ2) is 6.66. The summed E-state index contributed by atoms with van der Waals surface area (Å²) in [6.07, 6.45) is 3.53. The van der Waals surface area contributed by atoms with Crippen LogP contribution in [0, 0.1) is 0 Å². The number of aliphatic hydroxyl groups excluding tert-OH is 1. The molecule has 2 heterocycles. The van der Waals surface area contributed by atoms with Crippen molar-refractivity contribution < 1.29 is 5.11 Å². The maximum atomic E-state index is 10.5. The van der Waals surface area contributed by atoms with Crippen LogP contribution in [0.1, 0.15) is 49.5 Å². The van der Waals surface area contributed by atoms with Crippen molar-refractivity contribution in [1.29, 1.82) is 0 Å². The Morgan fingerprint density at radius 3 is 2.70 bits per heavy atom. The topological polar surface area (TPSA) is 50.9 Å². The molecule has 0 bridgehead atoms. The van der Waals surface area contributed by atoms with E-state index >= 15 is 0 Å². The molecule has 0 radical (unpaired) electrons. The van der Waals surface area contributed by atoms with E-state index in [0.29, 0.717) is 6.42 Å². The molecule has 0 aliphatic carbocycles. The number of aryl methyl sites for hydroxylation is 3. The summed E-state index contributed by atoms with van der Waals surface area (Å²) >= 11 is 0. The average molecular weight is 273 g/mol. The van der Waals surface area contributed by atoms with Crippen LogP contribution < -0.4 is 0 Å². The van der Waals surface area contributed by atoms with Crippen LogP contribution in [0.5, 0.6) is 0 Å². The zero-order valence-corrected chi connectivity index (χ0v) is 12.5. The summed E-state index contributed by atoms with van der Waals surface area (Å²) in [5.74, 6) is 0. The van der Waals surface area contributed by atoms with Crippen molar-refractivity contribution in [3.05, 3.63) is 47.0 Å². The molecule has 108 valence electrons. The molecule has 4 nitrogen and oxygen atoms in total. The Morgan fingerprint density at radius 1 is 1.25 bits per heavy atom. The van der Waals surface area contributed by atoms with Crippen LogP contribution >= 0.6 is 0 Å². The Balaban J connectivity index is 2.22. The first-order valence-electron chi connectivity index (χ1n) is 7.37. The molecular weight excluding hydrogens is 250 g/mol. The van der Waals surface area contributed by atoms with Gasteiger partial charge in [-0.2, -0.15) is 5.10 Å². The van der Waals surface area contributed by atoms with Gasteiger partial charge in [-0.05, 0) is 37.5 Å². The standard InChI is InChI=1S/C16H23N3O/c1-4-12-8-7-9-17-16(12)15(20)11-14-10-13(5-2)18-19(14)6-3/h7-10,15,20H,4-6,11H2,1-3H3. The van der Waals surface area contributed by atoms with Gasteiger partial charge < -0.3 is 5.11 Å². The third-order valence-corrected chi connectivity index (χ3v) is 3.60. The highest BCUT2D eigenvalue weighted by atomic mass is 16.3. The molecule has 20 heavy (non-hydrogen) atoms. The summed E-state index contributed by atoms with van der Waals surface area (Å²) < 4.78 is 1.97. The van der Waals surface area contributed by atoms with Gasteiger partial charge in [0.25, 0.3) is 0 Å². The fraction of sp³-hybridized carbons (Fsp3) is 0.500. The largest absolute Gasteiger partial charge is 0.386 e. The molecule has 0 amide bonds. The van der Waals surface area contributed by atoms with Crippen LogP contribution in [-0.2, 0) is 25.8 Å². The van der Waals surface area contributed by atoms with Crippen molar-refractivity contribution in [2.24, 2.45) is 0 Å². The van der Waals surface area contributed by atoms with E-state index in [1.54, 1.807) is 6.20 Å². The monoisotopic (exact) mass is 273 g/mol. The Kier molecular flexibility index (Phi) is 4.90. The van der Waals surface area contributed by atoms with Gasteiger partial charge in [-0.25, -0.2) is 0 Å². The van der Waals surface area contributed by atoms with E-state index in [0.717, 1.165) is 42.0 Å². The molecule has 0 spiro atoms.